The van der Waals surface area contributed by atoms with Gasteiger partial charge in [0.2, 0.25) is 0 Å². The first-order valence-corrected chi connectivity index (χ1v) is 7.19. The third kappa shape index (κ3) is 1.68. The normalized spacial score (nSPS) is 25.4. The average molecular weight is 257 g/mol. The van der Waals surface area contributed by atoms with Gasteiger partial charge in [-0.15, -0.1) is 0 Å². The van der Waals surface area contributed by atoms with E-state index in [1.165, 1.54) is 19.3 Å². The Bertz CT molecular complexity index is 605. The molecule has 2 unspecified atom stereocenters. The summed E-state index contributed by atoms with van der Waals surface area (Å²) in [5, 5.41) is 3.31. The molecule has 2 aromatic rings. The SMILES string of the molecule is CCNc1cn2ccnc2c(N2CC3CCC2C3)n1. The first kappa shape index (κ1) is 11.1. The first-order valence-electron chi connectivity index (χ1n) is 7.19. The standard InChI is InChI=1S/C14H19N5/c1-2-15-12-9-18-6-5-16-13(18)14(17-12)19-8-10-3-4-11(19)7-10/h5-6,9-11,15H,2-4,7-8H2,1H3. The molecule has 0 aromatic carbocycles. The molecule has 2 fully saturated rings. The number of aromatic nitrogens is 3. The van der Waals surface area contributed by atoms with Crippen LogP contribution < -0.4 is 10.2 Å². The fourth-order valence-electron chi connectivity index (χ4n) is 3.56. The number of anilines is 2. The molecule has 1 N–H and O–H groups in total. The minimum atomic E-state index is 0.676. The summed E-state index contributed by atoms with van der Waals surface area (Å²) in [5.74, 6) is 2.85. The summed E-state index contributed by atoms with van der Waals surface area (Å²) in [6.45, 7) is 4.13. The van der Waals surface area contributed by atoms with Gasteiger partial charge in [0.05, 0.1) is 6.20 Å². The summed E-state index contributed by atoms with van der Waals surface area (Å²) in [6.07, 6.45) is 9.90. The van der Waals surface area contributed by atoms with E-state index in [2.05, 4.69) is 26.5 Å². The largest absolute Gasteiger partial charge is 0.369 e. The van der Waals surface area contributed by atoms with Gasteiger partial charge in [-0.2, -0.15) is 0 Å². The Morgan fingerprint density at radius 1 is 1.42 bits per heavy atom. The van der Waals surface area contributed by atoms with Crippen LogP contribution in [0.1, 0.15) is 26.2 Å². The molecule has 1 saturated carbocycles. The number of hydrogen-bond donors (Lipinski definition) is 1. The molecule has 0 amide bonds. The number of fused-ring (bicyclic) bond motifs is 3. The molecule has 19 heavy (non-hydrogen) atoms. The molecule has 2 bridgehead atoms. The Morgan fingerprint density at radius 2 is 2.37 bits per heavy atom. The molecule has 0 radical (unpaired) electrons. The van der Waals surface area contributed by atoms with E-state index in [9.17, 15) is 0 Å². The number of rotatable bonds is 3. The Labute approximate surface area is 112 Å². The predicted molar refractivity (Wildman–Crippen MR) is 75.6 cm³/mol. The molecular weight excluding hydrogens is 238 g/mol. The second kappa shape index (κ2) is 4.11. The van der Waals surface area contributed by atoms with Crippen molar-refractivity contribution in [2.75, 3.05) is 23.3 Å². The lowest BCUT2D eigenvalue weighted by Gasteiger charge is -2.28. The Hall–Kier alpha value is -1.78. The fourth-order valence-corrected chi connectivity index (χ4v) is 3.56. The second-order valence-electron chi connectivity index (χ2n) is 5.62. The minimum absolute atomic E-state index is 0.676. The molecule has 5 nitrogen and oxygen atoms in total. The van der Waals surface area contributed by atoms with Crippen LogP contribution in [0.5, 0.6) is 0 Å². The van der Waals surface area contributed by atoms with Gasteiger partial charge in [0.1, 0.15) is 5.82 Å². The van der Waals surface area contributed by atoms with Crippen LogP contribution in [0, 0.1) is 5.92 Å². The zero-order valence-electron chi connectivity index (χ0n) is 11.2. The van der Waals surface area contributed by atoms with Gasteiger partial charge in [-0.3, -0.25) is 0 Å². The highest BCUT2D eigenvalue weighted by Crippen LogP contribution is 2.40. The van der Waals surface area contributed by atoms with Gasteiger partial charge in [0.25, 0.3) is 0 Å². The molecule has 2 aromatic heterocycles. The fraction of sp³-hybridized carbons (Fsp3) is 0.571. The van der Waals surface area contributed by atoms with Gasteiger partial charge >= 0.3 is 0 Å². The van der Waals surface area contributed by atoms with Crippen molar-refractivity contribution in [3.05, 3.63) is 18.6 Å². The van der Waals surface area contributed by atoms with E-state index in [0.717, 1.165) is 36.3 Å². The van der Waals surface area contributed by atoms with Crippen LogP contribution in [0.15, 0.2) is 18.6 Å². The predicted octanol–water partition coefficient (Wildman–Crippen LogP) is 2.15. The van der Waals surface area contributed by atoms with Crippen molar-refractivity contribution in [1.29, 1.82) is 0 Å². The van der Waals surface area contributed by atoms with Crippen LogP contribution in [-0.4, -0.2) is 33.5 Å². The van der Waals surface area contributed by atoms with Gasteiger partial charge in [-0.25, -0.2) is 9.97 Å². The molecule has 1 aliphatic heterocycles. The van der Waals surface area contributed by atoms with Gasteiger partial charge in [0.15, 0.2) is 11.5 Å². The van der Waals surface area contributed by atoms with Crippen molar-refractivity contribution >= 4 is 17.3 Å². The van der Waals surface area contributed by atoms with Crippen LogP contribution in [-0.2, 0) is 0 Å². The van der Waals surface area contributed by atoms with Crippen molar-refractivity contribution in [1.82, 2.24) is 14.4 Å². The highest BCUT2D eigenvalue weighted by molar-refractivity contribution is 5.68. The summed E-state index contributed by atoms with van der Waals surface area (Å²) in [5.41, 5.74) is 0.981. The van der Waals surface area contributed by atoms with E-state index in [1.54, 1.807) is 0 Å². The molecule has 5 heteroatoms. The number of piperidine rings is 1. The molecule has 3 heterocycles. The molecule has 1 aliphatic carbocycles. The van der Waals surface area contributed by atoms with Crippen molar-refractivity contribution < 1.29 is 0 Å². The molecule has 2 aliphatic rings. The third-order valence-electron chi connectivity index (χ3n) is 4.40. The van der Waals surface area contributed by atoms with Crippen LogP contribution in [0.3, 0.4) is 0 Å². The zero-order chi connectivity index (χ0) is 12.8. The molecule has 0 spiro atoms. The van der Waals surface area contributed by atoms with Gasteiger partial charge in [-0.05, 0) is 32.1 Å². The van der Waals surface area contributed by atoms with E-state index < -0.39 is 0 Å². The maximum Gasteiger partial charge on any atom is 0.180 e. The maximum atomic E-state index is 4.80. The van der Waals surface area contributed by atoms with Crippen molar-refractivity contribution in [3.8, 4) is 0 Å². The second-order valence-corrected chi connectivity index (χ2v) is 5.62. The lowest BCUT2D eigenvalue weighted by atomic mass is 10.1. The summed E-state index contributed by atoms with van der Waals surface area (Å²) < 4.78 is 2.08. The first-order chi connectivity index (χ1) is 9.35. The molecular formula is C14H19N5. The third-order valence-corrected chi connectivity index (χ3v) is 4.40. The zero-order valence-corrected chi connectivity index (χ0v) is 11.2. The van der Waals surface area contributed by atoms with Crippen molar-refractivity contribution in [2.24, 2.45) is 5.92 Å². The summed E-state index contributed by atoms with van der Waals surface area (Å²) >= 11 is 0. The van der Waals surface area contributed by atoms with E-state index in [1.807, 2.05) is 18.6 Å². The quantitative estimate of drug-likeness (QED) is 0.915. The highest BCUT2D eigenvalue weighted by atomic mass is 15.3. The Morgan fingerprint density at radius 3 is 3.11 bits per heavy atom. The lowest BCUT2D eigenvalue weighted by Crippen LogP contribution is -2.33. The van der Waals surface area contributed by atoms with E-state index >= 15 is 0 Å². The van der Waals surface area contributed by atoms with E-state index in [4.69, 9.17) is 4.98 Å². The number of imidazole rings is 1. The van der Waals surface area contributed by atoms with Gasteiger partial charge in [-0.1, -0.05) is 0 Å². The minimum Gasteiger partial charge on any atom is -0.369 e. The molecule has 100 valence electrons. The summed E-state index contributed by atoms with van der Waals surface area (Å²) in [7, 11) is 0. The molecule has 2 atom stereocenters. The van der Waals surface area contributed by atoms with Crippen LogP contribution in [0.2, 0.25) is 0 Å². The lowest BCUT2D eigenvalue weighted by molar-refractivity contribution is 0.551. The Balaban J connectivity index is 1.80. The van der Waals surface area contributed by atoms with Crippen LogP contribution in [0.4, 0.5) is 11.6 Å². The number of nitrogens with zero attached hydrogens (tertiary/aromatic N) is 4. The highest BCUT2D eigenvalue weighted by Gasteiger charge is 2.39. The Kier molecular flexibility index (Phi) is 2.40. The topological polar surface area (TPSA) is 45.5 Å². The monoisotopic (exact) mass is 257 g/mol. The van der Waals surface area contributed by atoms with Gasteiger partial charge in [0, 0.05) is 31.5 Å². The van der Waals surface area contributed by atoms with E-state index in [0.29, 0.717) is 6.04 Å². The summed E-state index contributed by atoms with van der Waals surface area (Å²) in [6, 6.07) is 0.676. The number of nitrogens with one attached hydrogen (secondary N) is 1. The summed E-state index contributed by atoms with van der Waals surface area (Å²) in [4.78, 5) is 11.7. The molecule has 1 saturated heterocycles. The average Bonchev–Trinajstić information content (AvgIpc) is 3.13. The van der Waals surface area contributed by atoms with E-state index in [-0.39, 0.29) is 0 Å². The number of hydrogen-bond acceptors (Lipinski definition) is 4. The van der Waals surface area contributed by atoms with Crippen molar-refractivity contribution in [2.45, 2.75) is 32.2 Å². The maximum absolute atomic E-state index is 4.80. The van der Waals surface area contributed by atoms with Gasteiger partial charge < -0.3 is 14.6 Å². The van der Waals surface area contributed by atoms with Crippen molar-refractivity contribution in [3.63, 3.8) is 0 Å². The molecule has 4 rings (SSSR count). The smallest absolute Gasteiger partial charge is 0.180 e. The van der Waals surface area contributed by atoms with Crippen LogP contribution in [0.25, 0.3) is 5.65 Å². The van der Waals surface area contributed by atoms with Crippen LogP contribution >= 0.6 is 0 Å².